The Morgan fingerprint density at radius 3 is 2.76 bits per heavy atom. The molecule has 0 amide bonds. The van der Waals surface area contributed by atoms with Crippen molar-refractivity contribution in [2.75, 3.05) is 6.54 Å². The highest BCUT2D eigenvalue weighted by Gasteiger charge is 2.36. The molecule has 1 atom stereocenters. The molecular formula is C13H21N3O4S. The van der Waals surface area contributed by atoms with E-state index in [4.69, 9.17) is 5.11 Å². The van der Waals surface area contributed by atoms with Gasteiger partial charge in [0, 0.05) is 25.3 Å². The molecule has 8 heteroatoms. The maximum atomic E-state index is 12.7. The molecule has 0 spiro atoms. The quantitative estimate of drug-likeness (QED) is 0.882. The molecular weight excluding hydrogens is 294 g/mol. The van der Waals surface area contributed by atoms with Crippen molar-refractivity contribution < 1.29 is 18.3 Å². The monoisotopic (exact) mass is 315 g/mol. The number of aryl methyl sites for hydroxylation is 2. The van der Waals surface area contributed by atoms with E-state index < -0.39 is 22.0 Å². The molecule has 0 radical (unpaired) electrons. The maximum absolute atomic E-state index is 12.7. The molecule has 1 N–H and O–H groups in total. The van der Waals surface area contributed by atoms with E-state index in [9.17, 15) is 13.2 Å². The van der Waals surface area contributed by atoms with Gasteiger partial charge >= 0.3 is 5.97 Å². The lowest BCUT2D eigenvalue weighted by Crippen LogP contribution is -2.44. The van der Waals surface area contributed by atoms with Gasteiger partial charge in [-0.2, -0.15) is 4.31 Å². The Balaban J connectivity index is 2.33. The summed E-state index contributed by atoms with van der Waals surface area (Å²) < 4.78 is 28.5. The summed E-state index contributed by atoms with van der Waals surface area (Å²) in [6, 6.07) is -0.478. The van der Waals surface area contributed by atoms with Crippen LogP contribution in [-0.4, -0.2) is 45.9 Å². The number of piperidine rings is 1. The van der Waals surface area contributed by atoms with Crippen LogP contribution in [0.1, 0.15) is 38.4 Å². The van der Waals surface area contributed by atoms with Crippen molar-refractivity contribution in [2.45, 2.75) is 57.1 Å². The first-order valence-corrected chi connectivity index (χ1v) is 8.57. The topological polar surface area (TPSA) is 92.5 Å². The van der Waals surface area contributed by atoms with E-state index >= 15 is 0 Å². The van der Waals surface area contributed by atoms with Gasteiger partial charge in [-0.15, -0.1) is 0 Å². The zero-order valence-corrected chi connectivity index (χ0v) is 13.1. The lowest BCUT2D eigenvalue weighted by atomic mass is 10.0. The number of carbonyl (C=O) groups is 1. The fourth-order valence-corrected chi connectivity index (χ4v) is 4.43. The molecule has 1 unspecified atom stereocenters. The molecule has 118 valence electrons. The van der Waals surface area contributed by atoms with Crippen LogP contribution in [0.4, 0.5) is 0 Å². The number of nitrogens with zero attached hydrogens (tertiary/aromatic N) is 3. The minimum absolute atomic E-state index is 0.0131. The van der Waals surface area contributed by atoms with Gasteiger partial charge in [0.2, 0.25) is 0 Å². The predicted octanol–water partition coefficient (Wildman–Crippen LogP) is 1.23. The third kappa shape index (κ3) is 3.26. The van der Waals surface area contributed by atoms with Crippen LogP contribution in [0.3, 0.4) is 0 Å². The molecule has 1 aliphatic heterocycles. The van der Waals surface area contributed by atoms with Crippen molar-refractivity contribution >= 4 is 16.0 Å². The summed E-state index contributed by atoms with van der Waals surface area (Å²) >= 11 is 0. The number of carboxylic acids is 1. The first kappa shape index (κ1) is 16.0. The molecule has 1 saturated heterocycles. The average molecular weight is 315 g/mol. The second kappa shape index (κ2) is 6.15. The third-order valence-corrected chi connectivity index (χ3v) is 5.67. The molecule has 1 aromatic rings. The van der Waals surface area contributed by atoms with Crippen LogP contribution in [0.15, 0.2) is 11.2 Å². The van der Waals surface area contributed by atoms with Gasteiger partial charge in [-0.3, -0.25) is 4.79 Å². The smallest absolute Gasteiger partial charge is 0.304 e. The Bertz CT molecular complexity index is 623. The minimum atomic E-state index is -3.73. The van der Waals surface area contributed by atoms with Crippen molar-refractivity contribution in [2.24, 2.45) is 0 Å². The van der Waals surface area contributed by atoms with Crippen LogP contribution in [0.2, 0.25) is 0 Å². The summed E-state index contributed by atoms with van der Waals surface area (Å²) in [5.74, 6) is -0.333. The van der Waals surface area contributed by atoms with E-state index in [1.807, 2.05) is 6.92 Å². The maximum Gasteiger partial charge on any atom is 0.304 e. The van der Waals surface area contributed by atoms with Crippen LogP contribution < -0.4 is 0 Å². The zero-order valence-electron chi connectivity index (χ0n) is 12.3. The summed E-state index contributed by atoms with van der Waals surface area (Å²) in [6.07, 6.45) is 3.55. The highest BCUT2D eigenvalue weighted by atomic mass is 32.2. The molecule has 0 aliphatic carbocycles. The zero-order chi connectivity index (χ0) is 15.6. The number of aliphatic carboxylic acids is 1. The molecule has 0 bridgehead atoms. The summed E-state index contributed by atoms with van der Waals surface area (Å²) in [6.45, 7) is 4.68. The van der Waals surface area contributed by atoms with Crippen LogP contribution in [0.5, 0.6) is 0 Å². The predicted molar refractivity (Wildman–Crippen MR) is 76.4 cm³/mol. The normalized spacial score (nSPS) is 20.6. The molecule has 0 saturated carbocycles. The van der Waals surface area contributed by atoms with E-state index in [2.05, 4.69) is 4.98 Å². The molecule has 1 fully saturated rings. The van der Waals surface area contributed by atoms with Crippen molar-refractivity contribution in [3.63, 3.8) is 0 Å². The highest BCUT2D eigenvalue weighted by molar-refractivity contribution is 7.89. The van der Waals surface area contributed by atoms with Crippen molar-refractivity contribution in [1.82, 2.24) is 13.9 Å². The Hall–Kier alpha value is -1.41. The number of sulfonamides is 1. The largest absolute Gasteiger partial charge is 0.481 e. The van der Waals surface area contributed by atoms with Crippen molar-refractivity contribution in [3.05, 3.63) is 12.0 Å². The van der Waals surface area contributed by atoms with Gasteiger partial charge in [0.25, 0.3) is 10.0 Å². The number of hydrogen-bond donors (Lipinski definition) is 1. The second-order valence-corrected chi connectivity index (χ2v) is 7.11. The summed E-state index contributed by atoms with van der Waals surface area (Å²) in [5, 5.41) is 8.98. The number of imidazole rings is 1. The fourth-order valence-electron chi connectivity index (χ4n) is 2.74. The molecule has 2 rings (SSSR count). The summed E-state index contributed by atoms with van der Waals surface area (Å²) in [7, 11) is -3.73. The van der Waals surface area contributed by atoms with Gasteiger partial charge in [0.1, 0.15) is 5.82 Å². The van der Waals surface area contributed by atoms with Gasteiger partial charge in [0.15, 0.2) is 5.03 Å². The van der Waals surface area contributed by atoms with Crippen LogP contribution >= 0.6 is 0 Å². The number of hydrogen-bond acceptors (Lipinski definition) is 4. The lowest BCUT2D eigenvalue weighted by Gasteiger charge is -2.33. The minimum Gasteiger partial charge on any atom is -0.481 e. The van der Waals surface area contributed by atoms with Crippen LogP contribution in [-0.2, 0) is 21.4 Å². The van der Waals surface area contributed by atoms with E-state index in [1.54, 1.807) is 11.5 Å². The Kier molecular flexibility index (Phi) is 4.67. The van der Waals surface area contributed by atoms with Gasteiger partial charge in [0.05, 0.1) is 6.42 Å². The molecule has 21 heavy (non-hydrogen) atoms. The van der Waals surface area contributed by atoms with Crippen molar-refractivity contribution in [3.8, 4) is 0 Å². The molecule has 1 aromatic heterocycles. The molecule has 0 aromatic carbocycles. The molecule has 7 nitrogen and oxygen atoms in total. The fraction of sp³-hybridized carbons (Fsp3) is 0.692. The molecule has 1 aliphatic rings. The lowest BCUT2D eigenvalue weighted by molar-refractivity contribution is -0.138. The Labute approximate surface area is 124 Å². The van der Waals surface area contributed by atoms with Gasteiger partial charge in [-0.05, 0) is 26.7 Å². The Morgan fingerprint density at radius 1 is 1.48 bits per heavy atom. The second-order valence-electron chi connectivity index (χ2n) is 5.28. The Morgan fingerprint density at radius 2 is 2.19 bits per heavy atom. The van der Waals surface area contributed by atoms with Crippen LogP contribution in [0.25, 0.3) is 0 Å². The van der Waals surface area contributed by atoms with E-state index in [1.165, 1.54) is 10.5 Å². The summed E-state index contributed by atoms with van der Waals surface area (Å²) in [5.41, 5.74) is 0. The average Bonchev–Trinajstić information content (AvgIpc) is 2.80. The SMILES string of the molecule is CCn1cc(S(=O)(=O)N2CCCCC2CC(=O)O)nc1C. The van der Waals surface area contributed by atoms with Gasteiger partial charge < -0.3 is 9.67 Å². The first-order chi connectivity index (χ1) is 9.86. The van der Waals surface area contributed by atoms with Gasteiger partial charge in [-0.25, -0.2) is 13.4 Å². The van der Waals surface area contributed by atoms with E-state index in [0.717, 1.165) is 12.8 Å². The standard InChI is InChI=1S/C13H21N3O4S/c1-3-15-9-12(14-10(15)2)21(19,20)16-7-5-4-6-11(16)8-13(17)18/h9,11H,3-8H2,1-2H3,(H,17,18). The number of aromatic nitrogens is 2. The number of carboxylic acid groups (broad SMARTS) is 1. The van der Waals surface area contributed by atoms with E-state index in [-0.39, 0.29) is 11.4 Å². The first-order valence-electron chi connectivity index (χ1n) is 7.13. The molecule has 2 heterocycles. The third-order valence-electron chi connectivity index (χ3n) is 3.85. The highest BCUT2D eigenvalue weighted by Crippen LogP contribution is 2.26. The van der Waals surface area contributed by atoms with Crippen molar-refractivity contribution in [1.29, 1.82) is 0 Å². The summed E-state index contributed by atoms with van der Waals surface area (Å²) in [4.78, 5) is 15.1. The van der Waals surface area contributed by atoms with E-state index in [0.29, 0.717) is 25.3 Å². The van der Waals surface area contributed by atoms with Crippen LogP contribution in [0, 0.1) is 6.92 Å². The number of rotatable bonds is 5. The van der Waals surface area contributed by atoms with Gasteiger partial charge in [-0.1, -0.05) is 6.42 Å².